The van der Waals surface area contributed by atoms with Gasteiger partial charge in [-0.1, -0.05) is 90.6 Å². The molecule has 3 aromatic carbocycles. The van der Waals surface area contributed by atoms with E-state index in [2.05, 4.69) is 10.8 Å². The number of benzene rings is 3. The Balaban J connectivity index is 1.57. The van der Waals surface area contributed by atoms with E-state index in [9.17, 15) is 14.4 Å². The normalized spacial score (nSPS) is 21.8. The van der Waals surface area contributed by atoms with Gasteiger partial charge in [-0.2, -0.15) is 0 Å². The minimum Gasteiger partial charge on any atom is -0.350 e. The smallest absolute Gasteiger partial charge is 0.255 e. The van der Waals surface area contributed by atoms with Crippen molar-refractivity contribution in [2.45, 2.75) is 56.3 Å². The molecule has 0 spiro atoms. The van der Waals surface area contributed by atoms with E-state index in [1.54, 1.807) is 41.3 Å². The summed E-state index contributed by atoms with van der Waals surface area (Å²) in [7, 11) is 3.68. The Morgan fingerprint density at radius 3 is 2.42 bits per heavy atom. The Morgan fingerprint density at radius 2 is 1.67 bits per heavy atom. The molecule has 3 aromatic rings. The highest BCUT2D eigenvalue weighted by Gasteiger charge is 2.49. The van der Waals surface area contributed by atoms with Gasteiger partial charge in [0.1, 0.15) is 0 Å². The molecular weight excluding hydrogens is 587 g/mol. The molecular formula is C33H36Cl2N4O4. The van der Waals surface area contributed by atoms with Crippen LogP contribution in [0.25, 0.3) is 0 Å². The second kappa shape index (κ2) is 13.9. The van der Waals surface area contributed by atoms with Crippen LogP contribution in [0.4, 0.5) is 0 Å². The van der Waals surface area contributed by atoms with Crippen LogP contribution in [-0.2, 0) is 21.0 Å². The molecule has 0 radical (unpaired) electrons. The molecule has 0 unspecified atom stereocenters. The number of fused-ring (bicyclic) bond motifs is 1. The van der Waals surface area contributed by atoms with Crippen LogP contribution in [0.15, 0.2) is 72.8 Å². The molecule has 1 fully saturated rings. The third-order valence-corrected chi connectivity index (χ3v) is 8.65. The molecule has 1 heterocycles. The number of hydrogen-bond donors (Lipinski definition) is 2. The fourth-order valence-electron chi connectivity index (χ4n) is 6.25. The van der Waals surface area contributed by atoms with E-state index in [-0.39, 0.29) is 37.0 Å². The number of halogens is 2. The van der Waals surface area contributed by atoms with Crippen LogP contribution in [0.3, 0.4) is 0 Å². The van der Waals surface area contributed by atoms with E-state index in [0.717, 1.165) is 18.4 Å². The predicted molar refractivity (Wildman–Crippen MR) is 167 cm³/mol. The van der Waals surface area contributed by atoms with Gasteiger partial charge in [-0.3, -0.25) is 19.2 Å². The van der Waals surface area contributed by atoms with E-state index in [4.69, 9.17) is 28.0 Å². The lowest BCUT2D eigenvalue weighted by Gasteiger charge is -2.49. The van der Waals surface area contributed by atoms with Crippen molar-refractivity contribution in [3.8, 4) is 0 Å². The maximum Gasteiger partial charge on any atom is 0.255 e. The predicted octanol–water partition coefficient (Wildman–Crippen LogP) is 5.51. The number of nitrogens with one attached hydrogen (secondary N) is 2. The first-order valence-corrected chi connectivity index (χ1v) is 15.3. The first-order chi connectivity index (χ1) is 20.7. The molecule has 43 heavy (non-hydrogen) atoms. The Labute approximate surface area is 262 Å². The SMILES string of the molecule is CN(C)CC(=O)N[C@H]1CCCC[C@@H]1N1C(=O)c2ccccc2[C@@H](C(=O)NOCc2ccccc2)[C@@H]1c1ccc(Cl)cc1Cl. The Hall–Kier alpha value is -3.43. The largest absolute Gasteiger partial charge is 0.350 e. The molecule has 8 nitrogen and oxygen atoms in total. The monoisotopic (exact) mass is 622 g/mol. The molecule has 0 aromatic heterocycles. The highest BCUT2D eigenvalue weighted by molar-refractivity contribution is 6.35. The third kappa shape index (κ3) is 7.04. The zero-order valence-electron chi connectivity index (χ0n) is 24.3. The zero-order valence-corrected chi connectivity index (χ0v) is 25.8. The Kier molecular flexibility index (Phi) is 10.0. The minimum absolute atomic E-state index is 0.114. The highest BCUT2D eigenvalue weighted by atomic mass is 35.5. The molecule has 0 bridgehead atoms. The van der Waals surface area contributed by atoms with Gasteiger partial charge < -0.3 is 15.1 Å². The van der Waals surface area contributed by atoms with Crippen LogP contribution in [0, 0.1) is 0 Å². The number of hydroxylamine groups is 1. The molecule has 5 rings (SSSR count). The lowest BCUT2D eigenvalue weighted by atomic mass is 9.76. The van der Waals surface area contributed by atoms with Gasteiger partial charge >= 0.3 is 0 Å². The van der Waals surface area contributed by atoms with Crippen molar-refractivity contribution >= 4 is 40.9 Å². The summed E-state index contributed by atoms with van der Waals surface area (Å²) in [6.07, 6.45) is 3.19. The van der Waals surface area contributed by atoms with Gasteiger partial charge in [-0.15, -0.1) is 0 Å². The maximum atomic E-state index is 14.4. The zero-order chi connectivity index (χ0) is 30.5. The molecule has 1 aliphatic heterocycles. The lowest BCUT2D eigenvalue weighted by molar-refractivity contribution is -0.138. The number of hydrogen-bond acceptors (Lipinski definition) is 5. The molecule has 10 heteroatoms. The summed E-state index contributed by atoms with van der Waals surface area (Å²) < 4.78 is 0. The number of rotatable bonds is 9. The van der Waals surface area contributed by atoms with Gasteiger partial charge in [0.15, 0.2) is 0 Å². The second-order valence-electron chi connectivity index (χ2n) is 11.4. The summed E-state index contributed by atoms with van der Waals surface area (Å²) >= 11 is 13.1. The van der Waals surface area contributed by atoms with Gasteiger partial charge in [-0.25, -0.2) is 5.48 Å². The first-order valence-electron chi connectivity index (χ1n) is 14.5. The molecule has 2 N–H and O–H groups in total. The number of carbonyl (C=O) groups is 3. The Morgan fingerprint density at radius 1 is 0.953 bits per heavy atom. The molecule has 226 valence electrons. The van der Waals surface area contributed by atoms with E-state index >= 15 is 0 Å². The fourth-order valence-corrected chi connectivity index (χ4v) is 6.77. The third-order valence-electron chi connectivity index (χ3n) is 8.09. The molecule has 4 atom stereocenters. The minimum atomic E-state index is -0.844. The lowest BCUT2D eigenvalue weighted by Crippen LogP contribution is -2.59. The first kappa shape index (κ1) is 31.0. The van der Waals surface area contributed by atoms with Crippen LogP contribution < -0.4 is 10.8 Å². The topological polar surface area (TPSA) is 91.0 Å². The van der Waals surface area contributed by atoms with Gasteiger partial charge in [-0.05, 0) is 61.8 Å². The summed E-state index contributed by atoms with van der Waals surface area (Å²) in [5.41, 5.74) is 5.18. The number of carbonyl (C=O) groups excluding carboxylic acids is 3. The van der Waals surface area contributed by atoms with Crippen molar-refractivity contribution in [1.29, 1.82) is 0 Å². The maximum absolute atomic E-state index is 14.4. The standard InChI is InChI=1S/C33H36Cl2N4O4/c1-38(2)19-29(40)36-27-14-8-9-15-28(27)39-31(25-17-16-22(34)18-26(25)35)30(23-12-6-7-13-24(23)33(39)42)32(41)37-43-20-21-10-4-3-5-11-21/h3-7,10-13,16-18,27-28,30-31H,8-9,14-15,19-20H2,1-2H3,(H,36,40)(H,37,41)/t27-,28-,30+,31-/m0/s1. The number of nitrogens with zero attached hydrogens (tertiary/aromatic N) is 2. The quantitative estimate of drug-likeness (QED) is 0.307. The summed E-state index contributed by atoms with van der Waals surface area (Å²) in [5.74, 6) is -1.57. The second-order valence-corrected chi connectivity index (χ2v) is 12.2. The van der Waals surface area contributed by atoms with Gasteiger partial charge in [0.05, 0.1) is 31.2 Å². The molecule has 0 saturated heterocycles. The van der Waals surface area contributed by atoms with E-state index in [1.807, 2.05) is 55.4 Å². The van der Waals surface area contributed by atoms with Crippen molar-refractivity contribution < 1.29 is 19.2 Å². The van der Waals surface area contributed by atoms with Gasteiger partial charge in [0.2, 0.25) is 5.91 Å². The Bertz CT molecular complexity index is 1470. The summed E-state index contributed by atoms with van der Waals surface area (Å²) in [6.45, 7) is 0.411. The average molecular weight is 624 g/mol. The van der Waals surface area contributed by atoms with Crippen LogP contribution in [0.2, 0.25) is 10.0 Å². The highest BCUT2D eigenvalue weighted by Crippen LogP contribution is 2.47. The van der Waals surface area contributed by atoms with Crippen LogP contribution in [-0.4, -0.2) is 60.2 Å². The fraction of sp³-hybridized carbons (Fsp3) is 0.364. The molecule has 2 aliphatic rings. The molecule has 1 aliphatic carbocycles. The van der Waals surface area contributed by atoms with Crippen molar-refractivity contribution in [3.63, 3.8) is 0 Å². The number of likely N-dealkylation sites (N-methyl/N-ethyl adjacent to an activating group) is 1. The summed E-state index contributed by atoms with van der Waals surface area (Å²) in [6, 6.07) is 20.4. The molecule has 1 saturated carbocycles. The summed E-state index contributed by atoms with van der Waals surface area (Å²) in [4.78, 5) is 50.7. The van der Waals surface area contributed by atoms with Crippen LogP contribution in [0.1, 0.15) is 64.7 Å². The van der Waals surface area contributed by atoms with Crippen LogP contribution >= 0.6 is 23.2 Å². The van der Waals surface area contributed by atoms with Crippen molar-refractivity contribution in [2.24, 2.45) is 0 Å². The van der Waals surface area contributed by atoms with Crippen molar-refractivity contribution in [3.05, 3.63) is 105 Å². The average Bonchev–Trinajstić information content (AvgIpc) is 2.98. The summed E-state index contributed by atoms with van der Waals surface area (Å²) in [5, 5.41) is 3.98. The van der Waals surface area contributed by atoms with E-state index in [0.29, 0.717) is 39.6 Å². The van der Waals surface area contributed by atoms with Gasteiger partial charge in [0.25, 0.3) is 11.8 Å². The number of amides is 3. The van der Waals surface area contributed by atoms with Crippen LogP contribution in [0.5, 0.6) is 0 Å². The van der Waals surface area contributed by atoms with Crippen molar-refractivity contribution in [1.82, 2.24) is 20.6 Å². The molecule has 3 amide bonds. The van der Waals surface area contributed by atoms with E-state index < -0.39 is 17.9 Å². The van der Waals surface area contributed by atoms with E-state index in [1.165, 1.54) is 0 Å². The van der Waals surface area contributed by atoms with Gasteiger partial charge in [0, 0.05) is 21.7 Å². The van der Waals surface area contributed by atoms with Crippen molar-refractivity contribution in [2.75, 3.05) is 20.6 Å².